The van der Waals surface area contributed by atoms with Gasteiger partial charge in [-0.15, -0.1) is 0 Å². The van der Waals surface area contributed by atoms with Gasteiger partial charge in [0, 0.05) is 12.3 Å². The van der Waals surface area contributed by atoms with Crippen LogP contribution in [0.15, 0.2) is 36.5 Å². The molecule has 0 aliphatic carbocycles. The van der Waals surface area contributed by atoms with Crippen molar-refractivity contribution in [3.63, 3.8) is 0 Å². The molecule has 2 rings (SSSR count). The lowest BCUT2D eigenvalue weighted by Crippen LogP contribution is -2.02. The number of aromatic nitrogens is 1. The molecule has 0 radical (unpaired) electrons. The number of aryl methyl sites for hydroxylation is 1. The van der Waals surface area contributed by atoms with Crippen molar-refractivity contribution >= 4 is 0 Å². The number of ether oxygens (including phenoxy) is 1. The molecule has 1 aromatic carbocycles. The highest BCUT2D eigenvalue weighted by Gasteiger charge is 2.02. The van der Waals surface area contributed by atoms with Crippen LogP contribution in [-0.4, -0.2) is 11.5 Å². The van der Waals surface area contributed by atoms with Crippen LogP contribution in [0, 0.1) is 12.7 Å². The molecule has 0 saturated carbocycles. The average Bonchev–Trinajstić information content (AvgIpc) is 2.37. The van der Waals surface area contributed by atoms with E-state index < -0.39 is 0 Å². The van der Waals surface area contributed by atoms with E-state index in [1.165, 1.54) is 6.07 Å². The van der Waals surface area contributed by atoms with Crippen molar-refractivity contribution < 1.29 is 9.13 Å². The van der Waals surface area contributed by atoms with Gasteiger partial charge in [0.05, 0.1) is 0 Å². The van der Waals surface area contributed by atoms with Crippen LogP contribution < -0.4 is 10.5 Å². The van der Waals surface area contributed by atoms with Crippen molar-refractivity contribution in [2.75, 3.05) is 6.54 Å². The third kappa shape index (κ3) is 3.05. The molecule has 1 heterocycles. The summed E-state index contributed by atoms with van der Waals surface area (Å²) in [5, 5.41) is 0. The number of hydrogen-bond acceptors (Lipinski definition) is 3. The van der Waals surface area contributed by atoms with Crippen LogP contribution in [0.4, 0.5) is 4.39 Å². The lowest BCUT2D eigenvalue weighted by molar-refractivity contribution is 0.460. The Morgan fingerprint density at radius 3 is 2.72 bits per heavy atom. The highest BCUT2D eigenvalue weighted by Crippen LogP contribution is 2.21. The highest BCUT2D eigenvalue weighted by atomic mass is 19.1. The van der Waals surface area contributed by atoms with Gasteiger partial charge in [-0.2, -0.15) is 0 Å². The van der Waals surface area contributed by atoms with Crippen molar-refractivity contribution in [3.8, 4) is 11.6 Å². The van der Waals surface area contributed by atoms with Crippen molar-refractivity contribution in [1.82, 2.24) is 4.98 Å². The zero-order chi connectivity index (χ0) is 13.0. The van der Waals surface area contributed by atoms with Gasteiger partial charge >= 0.3 is 0 Å². The van der Waals surface area contributed by atoms with E-state index in [1.807, 2.05) is 6.07 Å². The van der Waals surface area contributed by atoms with Gasteiger partial charge in [0.15, 0.2) is 0 Å². The number of hydrogen-bond donors (Lipinski definition) is 1. The third-order valence-corrected chi connectivity index (χ3v) is 2.58. The summed E-state index contributed by atoms with van der Waals surface area (Å²) in [5.41, 5.74) is 7.08. The predicted octanol–water partition coefficient (Wildman–Crippen LogP) is 2.82. The fourth-order valence-corrected chi connectivity index (χ4v) is 1.59. The van der Waals surface area contributed by atoms with Gasteiger partial charge in [0.1, 0.15) is 11.6 Å². The maximum Gasteiger partial charge on any atom is 0.219 e. The van der Waals surface area contributed by atoms with Crippen molar-refractivity contribution in [3.05, 3.63) is 53.5 Å². The van der Waals surface area contributed by atoms with E-state index in [1.54, 1.807) is 31.3 Å². The number of nitrogens with two attached hydrogens (primary N) is 1. The quantitative estimate of drug-likeness (QED) is 0.902. The molecule has 2 N–H and O–H groups in total. The van der Waals surface area contributed by atoms with Gasteiger partial charge in [-0.1, -0.05) is 6.07 Å². The first-order chi connectivity index (χ1) is 8.69. The van der Waals surface area contributed by atoms with Crippen LogP contribution in [0.3, 0.4) is 0 Å². The minimum atomic E-state index is -0.242. The summed E-state index contributed by atoms with van der Waals surface area (Å²) in [6.45, 7) is 2.29. The van der Waals surface area contributed by atoms with E-state index in [9.17, 15) is 4.39 Å². The van der Waals surface area contributed by atoms with Crippen LogP contribution in [0.5, 0.6) is 11.6 Å². The van der Waals surface area contributed by atoms with Crippen molar-refractivity contribution in [1.29, 1.82) is 0 Å². The number of rotatable bonds is 4. The topological polar surface area (TPSA) is 48.1 Å². The van der Waals surface area contributed by atoms with Crippen LogP contribution in [0.25, 0.3) is 0 Å². The van der Waals surface area contributed by atoms with Crippen LogP contribution in [0.2, 0.25) is 0 Å². The summed E-state index contributed by atoms with van der Waals surface area (Å²) >= 11 is 0. The van der Waals surface area contributed by atoms with Crippen LogP contribution in [0.1, 0.15) is 11.1 Å². The molecule has 18 heavy (non-hydrogen) atoms. The van der Waals surface area contributed by atoms with Crippen molar-refractivity contribution in [2.24, 2.45) is 5.73 Å². The summed E-state index contributed by atoms with van der Waals surface area (Å²) in [6.07, 6.45) is 2.53. The van der Waals surface area contributed by atoms with Gasteiger partial charge in [0.25, 0.3) is 0 Å². The molecular formula is C14H15FN2O. The molecule has 1 aromatic heterocycles. The summed E-state index contributed by atoms with van der Waals surface area (Å²) in [4.78, 5) is 4.17. The number of benzene rings is 1. The SMILES string of the molecule is Cc1cc(Oc2ccc(CCN)cn2)ccc1F. The van der Waals surface area contributed by atoms with E-state index in [0.717, 1.165) is 12.0 Å². The molecule has 0 amide bonds. The Balaban J connectivity index is 2.10. The zero-order valence-electron chi connectivity index (χ0n) is 10.2. The minimum Gasteiger partial charge on any atom is -0.439 e. The summed E-state index contributed by atoms with van der Waals surface area (Å²) in [6, 6.07) is 8.31. The highest BCUT2D eigenvalue weighted by molar-refractivity contribution is 5.32. The van der Waals surface area contributed by atoms with Gasteiger partial charge in [-0.3, -0.25) is 0 Å². The number of nitrogens with zero attached hydrogens (tertiary/aromatic N) is 1. The van der Waals surface area contributed by atoms with Crippen LogP contribution >= 0.6 is 0 Å². The summed E-state index contributed by atoms with van der Waals surface area (Å²) in [7, 11) is 0. The van der Waals surface area contributed by atoms with Crippen LogP contribution in [-0.2, 0) is 6.42 Å². The monoisotopic (exact) mass is 246 g/mol. The Morgan fingerprint density at radius 2 is 2.11 bits per heavy atom. The first-order valence-corrected chi connectivity index (χ1v) is 5.78. The fraction of sp³-hybridized carbons (Fsp3) is 0.214. The average molecular weight is 246 g/mol. The Morgan fingerprint density at radius 1 is 1.28 bits per heavy atom. The molecule has 0 aliphatic heterocycles. The Kier molecular flexibility index (Phi) is 3.89. The molecule has 2 aromatic rings. The van der Waals surface area contributed by atoms with Gasteiger partial charge < -0.3 is 10.5 Å². The molecule has 94 valence electrons. The summed E-state index contributed by atoms with van der Waals surface area (Å²) in [5.74, 6) is 0.823. The normalized spacial score (nSPS) is 10.4. The first-order valence-electron chi connectivity index (χ1n) is 5.78. The molecule has 0 bridgehead atoms. The zero-order valence-corrected chi connectivity index (χ0v) is 10.2. The maximum absolute atomic E-state index is 13.1. The Bertz CT molecular complexity index is 526. The standard InChI is InChI=1S/C14H15FN2O/c1-10-8-12(3-4-13(10)15)18-14-5-2-11(6-7-16)9-17-14/h2-5,8-9H,6-7,16H2,1H3. The second-order valence-corrected chi connectivity index (χ2v) is 4.06. The number of halogens is 1. The fourth-order valence-electron chi connectivity index (χ4n) is 1.59. The summed E-state index contributed by atoms with van der Waals surface area (Å²) < 4.78 is 18.6. The first kappa shape index (κ1) is 12.5. The smallest absolute Gasteiger partial charge is 0.219 e. The van der Waals surface area contributed by atoms with E-state index in [-0.39, 0.29) is 5.82 Å². The molecule has 0 atom stereocenters. The lowest BCUT2D eigenvalue weighted by Gasteiger charge is -2.06. The third-order valence-electron chi connectivity index (χ3n) is 2.58. The van der Waals surface area contributed by atoms with Gasteiger partial charge in [0.2, 0.25) is 5.88 Å². The number of pyridine rings is 1. The molecule has 4 heteroatoms. The van der Waals surface area contributed by atoms with E-state index in [2.05, 4.69) is 4.98 Å². The van der Waals surface area contributed by atoms with Crippen molar-refractivity contribution in [2.45, 2.75) is 13.3 Å². The molecular weight excluding hydrogens is 231 g/mol. The largest absolute Gasteiger partial charge is 0.439 e. The second-order valence-electron chi connectivity index (χ2n) is 4.06. The molecule has 0 aliphatic rings. The Hall–Kier alpha value is -1.94. The Labute approximate surface area is 105 Å². The molecule has 0 saturated heterocycles. The molecule has 0 fully saturated rings. The van der Waals surface area contributed by atoms with E-state index in [4.69, 9.17) is 10.5 Å². The molecule has 3 nitrogen and oxygen atoms in total. The van der Waals surface area contributed by atoms with E-state index in [0.29, 0.717) is 23.7 Å². The van der Waals surface area contributed by atoms with Gasteiger partial charge in [-0.25, -0.2) is 9.37 Å². The molecule has 0 unspecified atom stereocenters. The predicted molar refractivity (Wildman–Crippen MR) is 68.2 cm³/mol. The molecule has 0 spiro atoms. The second kappa shape index (κ2) is 5.60. The van der Waals surface area contributed by atoms with E-state index >= 15 is 0 Å². The lowest BCUT2D eigenvalue weighted by atomic mass is 10.2. The van der Waals surface area contributed by atoms with Gasteiger partial charge in [-0.05, 0) is 49.2 Å². The minimum absolute atomic E-state index is 0.242. The maximum atomic E-state index is 13.1.